The van der Waals surface area contributed by atoms with E-state index < -0.39 is 17.6 Å². The first-order valence-electron chi connectivity index (χ1n) is 24.1. The van der Waals surface area contributed by atoms with Gasteiger partial charge in [0.05, 0.1) is 5.56 Å². The number of aromatic nitrogens is 3. The fourth-order valence-corrected chi connectivity index (χ4v) is 11.4. The highest BCUT2D eigenvalue weighted by Crippen LogP contribution is 2.55. The zero-order valence-electron chi connectivity index (χ0n) is 40.8. The highest BCUT2D eigenvalue weighted by Gasteiger charge is 2.68. The monoisotopic (exact) mass is 847 g/mol. The van der Waals surface area contributed by atoms with Gasteiger partial charge in [-0.3, -0.25) is 0 Å². The molecule has 318 valence electrons. The van der Waals surface area contributed by atoms with Crippen LogP contribution in [0, 0.1) is 20.8 Å². The fraction of sp³-hybridized carbons (Fsp3) is 0.213. The van der Waals surface area contributed by atoms with Crippen molar-refractivity contribution >= 4 is 11.0 Å². The summed E-state index contributed by atoms with van der Waals surface area (Å²) in [5.41, 5.74) is 23.6. The van der Waals surface area contributed by atoms with Gasteiger partial charge in [0.25, 0.3) is 0 Å². The smallest absolute Gasteiger partial charge is 0.392 e. The van der Waals surface area contributed by atoms with Crippen LogP contribution in [0.4, 0.5) is 0 Å². The predicted molar refractivity (Wildman–Crippen MR) is 266 cm³/mol. The van der Waals surface area contributed by atoms with E-state index in [4.69, 9.17) is 6.11 Å². The number of hydrogen-bond donors (Lipinski definition) is 0. The van der Waals surface area contributed by atoms with Crippen molar-refractivity contribution in [2.45, 2.75) is 85.9 Å². The molecule has 7 aromatic carbocycles. The van der Waals surface area contributed by atoms with E-state index in [1.54, 1.807) is 0 Å². The van der Waals surface area contributed by atoms with Crippen molar-refractivity contribution in [2.75, 3.05) is 0 Å². The van der Waals surface area contributed by atoms with Gasteiger partial charge in [-0.1, -0.05) is 133 Å². The normalized spacial score (nSPS) is 15.9. The van der Waals surface area contributed by atoms with Crippen LogP contribution in [0.1, 0.15) is 101 Å². The summed E-state index contributed by atoms with van der Waals surface area (Å²) < 4.78 is 33.1. The molecule has 3 aliphatic rings. The maximum absolute atomic E-state index is 9.22. The first-order valence-corrected chi connectivity index (χ1v) is 23.1. The van der Waals surface area contributed by atoms with Crippen LogP contribution >= 0.6 is 0 Å². The van der Waals surface area contributed by atoms with Crippen LogP contribution in [0.3, 0.4) is 0 Å². The zero-order valence-corrected chi connectivity index (χ0v) is 38.8. The van der Waals surface area contributed by atoms with Gasteiger partial charge in [0.2, 0.25) is 5.69 Å². The van der Waals surface area contributed by atoms with Crippen molar-refractivity contribution in [3.05, 3.63) is 191 Å². The molecular weight excluding hydrogens is 791 g/mol. The highest BCUT2D eigenvalue weighted by molar-refractivity contribution is 5.99. The molecule has 4 nitrogen and oxygen atoms in total. The number of imidazole rings is 1. The number of para-hydroxylation sites is 1. The van der Waals surface area contributed by atoms with Crippen molar-refractivity contribution < 1.29 is 16.6 Å². The van der Waals surface area contributed by atoms with Crippen molar-refractivity contribution in [1.29, 1.82) is 0 Å². The summed E-state index contributed by atoms with van der Waals surface area (Å²) in [5, 5.41) is 0. The third kappa shape index (κ3) is 5.56. The lowest BCUT2D eigenvalue weighted by Crippen LogP contribution is -2.78. The van der Waals surface area contributed by atoms with E-state index >= 15 is 0 Å². The molecule has 0 amide bonds. The molecule has 3 aliphatic heterocycles. The first-order chi connectivity index (χ1) is 32.0. The Hall–Kier alpha value is -7.04. The van der Waals surface area contributed by atoms with E-state index in [2.05, 4.69) is 200 Å². The third-order valence-corrected chi connectivity index (χ3v) is 14.3. The maximum Gasteiger partial charge on any atom is 0.499 e. The average Bonchev–Trinajstić information content (AvgIpc) is 3.80. The molecule has 1 spiro atoms. The first kappa shape index (κ1) is 37.3. The van der Waals surface area contributed by atoms with Gasteiger partial charge >= 0.3 is 11.7 Å². The van der Waals surface area contributed by atoms with Gasteiger partial charge in [0.15, 0.2) is 23.0 Å². The van der Waals surface area contributed by atoms with Gasteiger partial charge in [-0.15, -0.1) is 9.13 Å². The van der Waals surface area contributed by atoms with Crippen molar-refractivity contribution in [3.8, 4) is 78.6 Å². The largest absolute Gasteiger partial charge is 0.499 e. The fourth-order valence-electron chi connectivity index (χ4n) is 11.4. The Balaban J connectivity index is 1.18. The Bertz CT molecular complexity index is 3570. The van der Waals surface area contributed by atoms with Crippen molar-refractivity contribution in [3.63, 3.8) is 0 Å². The predicted octanol–water partition coefficient (Wildman–Crippen LogP) is 14.7. The molecule has 0 N–H and O–H groups in total. The number of rotatable bonds is 7. The van der Waals surface area contributed by atoms with Gasteiger partial charge in [0, 0.05) is 26.0 Å². The molecule has 65 heavy (non-hydrogen) atoms. The quantitative estimate of drug-likeness (QED) is 0.146. The van der Waals surface area contributed by atoms with Crippen LogP contribution in [0.25, 0.3) is 83.9 Å². The Morgan fingerprint density at radius 1 is 0.569 bits per heavy atom. The second-order valence-corrected chi connectivity index (χ2v) is 19.3. The summed E-state index contributed by atoms with van der Waals surface area (Å²) >= 11 is 0. The Morgan fingerprint density at radius 2 is 1.29 bits per heavy atom. The van der Waals surface area contributed by atoms with Gasteiger partial charge in [-0.2, -0.15) is 4.57 Å². The summed E-state index contributed by atoms with van der Waals surface area (Å²) in [6, 6.07) is 53.3. The average molecular weight is 848 g/mol. The number of pyridine rings is 1. The molecule has 0 aliphatic carbocycles. The summed E-state index contributed by atoms with van der Waals surface area (Å²) in [4.78, 5) is 0. The van der Waals surface area contributed by atoms with E-state index in [-0.39, 0.29) is 0 Å². The number of fused-ring (bicyclic) bond motifs is 5. The van der Waals surface area contributed by atoms with Gasteiger partial charge in [-0.25, -0.2) is 0 Å². The topological polar surface area (TPSA) is 21.9 Å². The molecule has 0 fully saturated rings. The minimum Gasteiger partial charge on any atom is -0.392 e. The van der Waals surface area contributed by atoms with Crippen LogP contribution in [-0.2, 0) is 5.85 Å². The van der Waals surface area contributed by atoms with E-state index in [1.807, 2.05) is 27.7 Å². The van der Waals surface area contributed by atoms with Crippen LogP contribution < -0.4 is 13.9 Å². The van der Waals surface area contributed by atoms with Crippen molar-refractivity contribution in [2.24, 2.45) is 0 Å². The summed E-state index contributed by atoms with van der Waals surface area (Å²) in [6.45, 7) is 19.0. The molecule has 9 aromatic rings. The molecule has 0 saturated heterocycles. The minimum atomic E-state index is -1.09. The van der Waals surface area contributed by atoms with Crippen LogP contribution in [0.5, 0.6) is 5.75 Å². The second kappa shape index (κ2) is 14.2. The number of nitrogens with zero attached hydrogens (tertiary/aromatic N) is 3. The standard InChI is InChI=1S/C61H55N3O/c1-35(2)41-21-23-43(24-22-41)44-27-28-62-55(34-44)51-33-46(42-15-11-10-12-16-42)32-50-49-19-14-20-54-58(49)64-60(52-30-38(7)29-40(9)59(52)65-61(62,64)57(50)51)63(54)53-26-25-45(31-39(53)8)56-47(36(3)4)17-13-18-48(56)37(5)6/h10-37H,1-9H3/q+2/i35D,36D. The third-order valence-electron chi connectivity index (χ3n) is 14.3. The van der Waals surface area contributed by atoms with Crippen LogP contribution in [0.2, 0.25) is 0 Å². The van der Waals surface area contributed by atoms with Gasteiger partial charge in [-0.05, 0) is 148 Å². The summed E-state index contributed by atoms with van der Waals surface area (Å²) in [5.74, 6) is -0.298. The molecule has 0 bridgehead atoms. The highest BCUT2D eigenvalue weighted by atomic mass is 16.5. The van der Waals surface area contributed by atoms with E-state index in [0.29, 0.717) is 5.92 Å². The molecule has 0 radical (unpaired) electrons. The van der Waals surface area contributed by atoms with Gasteiger partial charge in [0.1, 0.15) is 16.8 Å². The second-order valence-electron chi connectivity index (χ2n) is 19.3. The Kier molecular flexibility index (Phi) is 8.18. The Morgan fingerprint density at radius 3 is 2.03 bits per heavy atom. The number of hydrogen-bond acceptors (Lipinski definition) is 1. The molecule has 4 heteroatoms. The lowest BCUT2D eigenvalue weighted by atomic mass is 9.84. The minimum absolute atomic E-state index is 0.298. The lowest BCUT2D eigenvalue weighted by Gasteiger charge is -2.33. The lowest BCUT2D eigenvalue weighted by molar-refractivity contribution is -0.997. The number of ether oxygens (including phenoxy) is 1. The SMILES string of the molecule is [2H]C(C)(C)c1ccc(-c2cc[n+]3c(c2)-c2cc(-c4ccccc4)cc4c2C32Oc3c(C)cc(C)cc3-c3n(-c5ccc(-c6c(C(C)C)cccc6C([2H])(C)C)cc5C)c5cccc-4c5[n+]32)cc1. The van der Waals surface area contributed by atoms with E-state index in [9.17, 15) is 1.37 Å². The molecule has 2 aromatic heterocycles. The molecule has 1 unspecified atom stereocenters. The zero-order chi connectivity index (χ0) is 46.5. The van der Waals surface area contributed by atoms with Gasteiger partial charge < -0.3 is 4.74 Å². The maximum atomic E-state index is 9.22. The number of aryl methyl sites for hydroxylation is 3. The van der Waals surface area contributed by atoms with Crippen LogP contribution in [-0.4, -0.2) is 4.57 Å². The van der Waals surface area contributed by atoms with Crippen LogP contribution in [0.15, 0.2) is 152 Å². The molecule has 5 heterocycles. The molecular formula is C61H55N3O+2. The Labute approximate surface area is 385 Å². The summed E-state index contributed by atoms with van der Waals surface area (Å²) in [6.07, 6.45) is 2.24. The number of benzene rings is 7. The summed E-state index contributed by atoms with van der Waals surface area (Å²) in [7, 11) is 0. The van der Waals surface area contributed by atoms with E-state index in [1.165, 1.54) is 16.7 Å². The molecule has 1 atom stereocenters. The molecule has 0 saturated carbocycles. The molecule has 12 rings (SSSR count). The van der Waals surface area contributed by atoms with Crippen molar-refractivity contribution in [1.82, 2.24) is 4.57 Å². The van der Waals surface area contributed by atoms with E-state index in [0.717, 1.165) is 112 Å².